The predicted molar refractivity (Wildman–Crippen MR) is 128 cm³/mol. The van der Waals surface area contributed by atoms with Crippen molar-refractivity contribution in [2.45, 2.75) is 6.42 Å². The van der Waals surface area contributed by atoms with Gasteiger partial charge in [-0.15, -0.1) is 0 Å². The molecule has 2 aromatic carbocycles. The molecular formula is C24H26N2O6S. The van der Waals surface area contributed by atoms with E-state index >= 15 is 0 Å². The SMILES string of the molecule is COCCCN1C(=O)C(=Cc2ccc(OCC(=O)OC)c(OC)c2)SC1=Nc1ccccc1. The predicted octanol–water partition coefficient (Wildman–Crippen LogP) is 3.89. The van der Waals surface area contributed by atoms with E-state index in [0.717, 1.165) is 11.3 Å². The minimum absolute atomic E-state index is 0.115. The standard InChI is InChI=1S/C24H26N2O6S/c1-29-13-7-12-26-23(28)21(33-24(26)25-18-8-5-4-6-9-18)15-17-10-11-19(20(14-17)30-2)32-16-22(27)31-3/h4-6,8-11,14-15H,7,12-13,16H2,1-3H3. The maximum atomic E-state index is 13.1. The minimum atomic E-state index is -0.491. The van der Waals surface area contributed by atoms with Crippen molar-refractivity contribution in [3.8, 4) is 11.5 Å². The first-order valence-electron chi connectivity index (χ1n) is 10.3. The summed E-state index contributed by atoms with van der Waals surface area (Å²) < 4.78 is 20.6. The van der Waals surface area contributed by atoms with Crippen LogP contribution in [0.4, 0.5) is 5.69 Å². The maximum Gasteiger partial charge on any atom is 0.343 e. The lowest BCUT2D eigenvalue weighted by atomic mass is 10.2. The van der Waals surface area contributed by atoms with E-state index in [1.54, 1.807) is 36.3 Å². The minimum Gasteiger partial charge on any atom is -0.493 e. The van der Waals surface area contributed by atoms with Gasteiger partial charge in [0.05, 0.1) is 24.8 Å². The first kappa shape index (κ1) is 24.3. The fraction of sp³-hybridized carbons (Fsp3) is 0.292. The van der Waals surface area contributed by atoms with Crippen LogP contribution in [0, 0.1) is 0 Å². The lowest BCUT2D eigenvalue weighted by molar-refractivity contribution is -0.142. The summed E-state index contributed by atoms with van der Waals surface area (Å²) in [5.74, 6) is 0.243. The molecule has 0 aliphatic carbocycles. The molecule has 1 heterocycles. The topological polar surface area (TPSA) is 86.7 Å². The highest BCUT2D eigenvalue weighted by Crippen LogP contribution is 2.36. The summed E-state index contributed by atoms with van der Waals surface area (Å²) in [6.45, 7) is 0.833. The second kappa shape index (κ2) is 12.1. The number of esters is 1. The molecule has 0 atom stereocenters. The quantitative estimate of drug-likeness (QED) is 0.296. The van der Waals surface area contributed by atoms with E-state index in [1.165, 1.54) is 26.0 Å². The zero-order chi connectivity index (χ0) is 23.6. The lowest BCUT2D eigenvalue weighted by Gasteiger charge is -2.15. The number of amidine groups is 1. The molecule has 0 unspecified atom stereocenters. The van der Waals surface area contributed by atoms with Gasteiger partial charge in [0, 0.05) is 20.3 Å². The number of benzene rings is 2. The summed E-state index contributed by atoms with van der Waals surface area (Å²) in [5.41, 5.74) is 1.53. The molecule has 8 nitrogen and oxygen atoms in total. The van der Waals surface area contributed by atoms with Crippen molar-refractivity contribution in [2.24, 2.45) is 4.99 Å². The average molecular weight is 471 g/mol. The highest BCUT2D eigenvalue weighted by Gasteiger charge is 2.33. The van der Waals surface area contributed by atoms with Crippen LogP contribution in [-0.2, 0) is 19.1 Å². The van der Waals surface area contributed by atoms with Crippen LogP contribution in [0.25, 0.3) is 6.08 Å². The molecule has 1 aliphatic heterocycles. The van der Waals surface area contributed by atoms with Crippen LogP contribution in [-0.4, -0.2) is 63.0 Å². The number of amides is 1. The second-order valence-corrected chi connectivity index (χ2v) is 7.93. The Balaban J connectivity index is 1.85. The Kier molecular flexibility index (Phi) is 8.91. The van der Waals surface area contributed by atoms with Gasteiger partial charge in [-0.1, -0.05) is 24.3 Å². The third-order valence-corrected chi connectivity index (χ3v) is 5.66. The molecule has 0 N–H and O–H groups in total. The Morgan fingerprint density at radius 2 is 1.88 bits per heavy atom. The van der Waals surface area contributed by atoms with Crippen molar-refractivity contribution < 1.29 is 28.5 Å². The number of nitrogens with zero attached hydrogens (tertiary/aromatic N) is 2. The molecule has 1 saturated heterocycles. The Morgan fingerprint density at radius 3 is 2.58 bits per heavy atom. The van der Waals surface area contributed by atoms with E-state index in [2.05, 4.69) is 9.73 Å². The molecule has 1 aliphatic rings. The highest BCUT2D eigenvalue weighted by molar-refractivity contribution is 8.18. The van der Waals surface area contributed by atoms with E-state index in [0.29, 0.717) is 41.1 Å². The van der Waals surface area contributed by atoms with Gasteiger partial charge in [0.25, 0.3) is 5.91 Å². The molecule has 174 valence electrons. The van der Waals surface area contributed by atoms with Gasteiger partial charge in [-0.25, -0.2) is 9.79 Å². The number of hydrogen-bond acceptors (Lipinski definition) is 8. The van der Waals surface area contributed by atoms with Crippen molar-refractivity contribution >= 4 is 40.6 Å². The molecule has 0 saturated carbocycles. The number of hydrogen-bond donors (Lipinski definition) is 0. The molecule has 2 aromatic rings. The molecule has 33 heavy (non-hydrogen) atoms. The number of ether oxygens (including phenoxy) is 4. The van der Waals surface area contributed by atoms with Gasteiger partial charge in [-0.3, -0.25) is 9.69 Å². The molecule has 1 fully saturated rings. The molecule has 0 aromatic heterocycles. The lowest BCUT2D eigenvalue weighted by Crippen LogP contribution is -2.30. The molecule has 0 radical (unpaired) electrons. The van der Waals surface area contributed by atoms with E-state index in [4.69, 9.17) is 14.2 Å². The Bertz CT molecular complexity index is 1040. The number of rotatable bonds is 10. The number of aliphatic imine (C=N–C) groups is 1. The van der Waals surface area contributed by atoms with E-state index in [1.807, 2.05) is 30.3 Å². The molecule has 3 rings (SSSR count). The van der Waals surface area contributed by atoms with Gasteiger partial charge >= 0.3 is 5.97 Å². The normalized spacial score (nSPS) is 15.8. The number of para-hydroxylation sites is 1. The number of carbonyl (C=O) groups excluding carboxylic acids is 2. The van der Waals surface area contributed by atoms with Gasteiger partial charge in [0.1, 0.15) is 0 Å². The number of thioether (sulfide) groups is 1. The maximum absolute atomic E-state index is 13.1. The molecule has 9 heteroatoms. The molecule has 1 amide bonds. The van der Waals surface area contributed by atoms with Gasteiger partial charge in [-0.05, 0) is 54.1 Å². The van der Waals surface area contributed by atoms with Gasteiger partial charge in [0.15, 0.2) is 23.3 Å². The smallest absolute Gasteiger partial charge is 0.343 e. The van der Waals surface area contributed by atoms with Crippen LogP contribution < -0.4 is 9.47 Å². The first-order valence-corrected chi connectivity index (χ1v) is 11.1. The number of methoxy groups -OCH3 is 3. The number of carbonyl (C=O) groups is 2. The van der Waals surface area contributed by atoms with E-state index < -0.39 is 5.97 Å². The third kappa shape index (κ3) is 6.59. The van der Waals surface area contributed by atoms with Crippen molar-refractivity contribution in [1.82, 2.24) is 4.90 Å². The summed E-state index contributed by atoms with van der Waals surface area (Å²) in [6.07, 6.45) is 2.49. The fourth-order valence-electron chi connectivity index (χ4n) is 3.01. The third-order valence-electron chi connectivity index (χ3n) is 4.66. The zero-order valence-corrected chi connectivity index (χ0v) is 19.6. The van der Waals surface area contributed by atoms with Crippen molar-refractivity contribution in [3.05, 3.63) is 59.0 Å². The van der Waals surface area contributed by atoms with Crippen molar-refractivity contribution in [2.75, 3.05) is 41.1 Å². The highest BCUT2D eigenvalue weighted by atomic mass is 32.2. The largest absolute Gasteiger partial charge is 0.493 e. The fourth-order valence-corrected chi connectivity index (χ4v) is 4.03. The average Bonchev–Trinajstić information content (AvgIpc) is 3.12. The molecule has 0 bridgehead atoms. The van der Waals surface area contributed by atoms with Gasteiger partial charge in [-0.2, -0.15) is 0 Å². The van der Waals surface area contributed by atoms with Crippen molar-refractivity contribution in [1.29, 1.82) is 0 Å². The van der Waals surface area contributed by atoms with Gasteiger partial charge < -0.3 is 18.9 Å². The summed E-state index contributed by atoms with van der Waals surface area (Å²) in [5, 5.41) is 0.624. The van der Waals surface area contributed by atoms with Crippen molar-refractivity contribution in [3.63, 3.8) is 0 Å². The monoisotopic (exact) mass is 470 g/mol. The molecular weight excluding hydrogens is 444 g/mol. The van der Waals surface area contributed by atoms with Crippen LogP contribution in [0.5, 0.6) is 11.5 Å². The first-order chi connectivity index (χ1) is 16.0. The Hall–Kier alpha value is -3.30. The van der Waals surface area contributed by atoms with Crippen LogP contribution >= 0.6 is 11.8 Å². The van der Waals surface area contributed by atoms with Crippen LogP contribution in [0.2, 0.25) is 0 Å². The zero-order valence-electron chi connectivity index (χ0n) is 18.8. The van der Waals surface area contributed by atoms with E-state index in [-0.39, 0.29) is 12.5 Å². The summed E-state index contributed by atoms with van der Waals surface area (Å²) in [7, 11) is 4.44. The second-order valence-electron chi connectivity index (χ2n) is 6.92. The Labute approximate surface area is 197 Å². The summed E-state index contributed by atoms with van der Waals surface area (Å²) in [6, 6.07) is 14.7. The Morgan fingerprint density at radius 1 is 1.09 bits per heavy atom. The van der Waals surface area contributed by atoms with Crippen LogP contribution in [0.1, 0.15) is 12.0 Å². The summed E-state index contributed by atoms with van der Waals surface area (Å²) in [4.78, 5) is 31.4. The van der Waals surface area contributed by atoms with Gasteiger partial charge in [0.2, 0.25) is 0 Å². The van der Waals surface area contributed by atoms with E-state index in [9.17, 15) is 9.59 Å². The van der Waals surface area contributed by atoms with Crippen LogP contribution in [0.3, 0.4) is 0 Å². The van der Waals surface area contributed by atoms with Crippen LogP contribution in [0.15, 0.2) is 58.4 Å². The molecule has 0 spiro atoms. The summed E-state index contributed by atoms with van der Waals surface area (Å²) >= 11 is 1.32.